The third kappa shape index (κ3) is 2.95. The summed E-state index contributed by atoms with van der Waals surface area (Å²) in [5.41, 5.74) is 8.31. The number of nitrogens with one attached hydrogen (secondary N) is 2. The fourth-order valence-electron chi connectivity index (χ4n) is 1.83. The number of thiophene rings is 1. The van der Waals surface area contributed by atoms with Gasteiger partial charge in [0.15, 0.2) is 0 Å². The van der Waals surface area contributed by atoms with Crippen molar-refractivity contribution in [2.24, 2.45) is 0 Å². The maximum absolute atomic E-state index is 11.7. The van der Waals surface area contributed by atoms with Gasteiger partial charge in [-0.3, -0.25) is 9.78 Å². The van der Waals surface area contributed by atoms with Gasteiger partial charge >= 0.3 is 0 Å². The number of nitrogens with two attached hydrogens (primary N) is 1. The molecule has 0 radical (unpaired) electrons. The Labute approximate surface area is 126 Å². The second kappa shape index (κ2) is 6.24. The molecular weight excluding hydrogens is 286 g/mol. The van der Waals surface area contributed by atoms with E-state index in [1.807, 2.05) is 25.1 Å². The molecule has 4 N–H and O–H groups in total. The first-order valence-electron chi connectivity index (χ1n) is 6.27. The molecule has 108 valence electrons. The molecule has 2 aromatic rings. The van der Waals surface area contributed by atoms with Crippen molar-refractivity contribution < 1.29 is 4.79 Å². The minimum absolute atomic E-state index is 0.210. The van der Waals surface area contributed by atoms with Crippen molar-refractivity contribution in [3.05, 3.63) is 40.0 Å². The van der Waals surface area contributed by atoms with Crippen molar-refractivity contribution in [3.8, 4) is 6.07 Å². The van der Waals surface area contributed by atoms with Gasteiger partial charge in [0.25, 0.3) is 5.91 Å². The van der Waals surface area contributed by atoms with Crippen molar-refractivity contribution in [3.63, 3.8) is 0 Å². The molecule has 21 heavy (non-hydrogen) atoms. The molecule has 1 amide bonds. The van der Waals surface area contributed by atoms with Gasteiger partial charge in [0, 0.05) is 13.2 Å². The first kappa shape index (κ1) is 14.8. The van der Waals surface area contributed by atoms with Crippen LogP contribution in [-0.2, 0) is 6.54 Å². The minimum atomic E-state index is -0.295. The number of hydrogen-bond donors (Lipinski definition) is 3. The molecule has 0 spiro atoms. The Bertz CT molecular complexity index is 717. The summed E-state index contributed by atoms with van der Waals surface area (Å²) in [5, 5.41) is 15.4. The first-order valence-corrected chi connectivity index (χ1v) is 7.09. The summed E-state index contributed by atoms with van der Waals surface area (Å²) < 4.78 is 0. The summed E-state index contributed by atoms with van der Waals surface area (Å²) in [7, 11) is 1.53. The number of nitrogens with zero attached hydrogens (tertiary/aromatic N) is 2. The topological polar surface area (TPSA) is 104 Å². The van der Waals surface area contributed by atoms with E-state index in [9.17, 15) is 10.1 Å². The van der Waals surface area contributed by atoms with E-state index in [-0.39, 0.29) is 11.6 Å². The predicted octanol–water partition coefficient (Wildman–Crippen LogP) is 1.88. The average molecular weight is 301 g/mol. The van der Waals surface area contributed by atoms with Gasteiger partial charge in [0.2, 0.25) is 0 Å². The van der Waals surface area contributed by atoms with Crippen LogP contribution in [0.15, 0.2) is 18.3 Å². The van der Waals surface area contributed by atoms with Crippen LogP contribution in [0.1, 0.15) is 26.5 Å². The van der Waals surface area contributed by atoms with Gasteiger partial charge in [-0.1, -0.05) is 6.07 Å². The van der Waals surface area contributed by atoms with Crippen LogP contribution >= 0.6 is 11.3 Å². The van der Waals surface area contributed by atoms with Crippen LogP contribution in [0.5, 0.6) is 0 Å². The van der Waals surface area contributed by atoms with Gasteiger partial charge in [-0.2, -0.15) is 5.26 Å². The molecule has 0 fully saturated rings. The van der Waals surface area contributed by atoms with E-state index in [1.54, 1.807) is 6.20 Å². The second-order valence-corrected chi connectivity index (χ2v) is 5.38. The van der Waals surface area contributed by atoms with Crippen LogP contribution in [0.3, 0.4) is 0 Å². The maximum atomic E-state index is 11.7. The Kier molecular flexibility index (Phi) is 4.40. The molecule has 0 aliphatic carbocycles. The number of anilines is 2. The van der Waals surface area contributed by atoms with E-state index >= 15 is 0 Å². The number of hydrogen-bond acceptors (Lipinski definition) is 6. The van der Waals surface area contributed by atoms with Crippen LogP contribution in [-0.4, -0.2) is 17.9 Å². The van der Waals surface area contributed by atoms with Crippen LogP contribution in [0.25, 0.3) is 0 Å². The number of amides is 1. The molecule has 6 nitrogen and oxygen atoms in total. The van der Waals surface area contributed by atoms with E-state index in [4.69, 9.17) is 5.73 Å². The van der Waals surface area contributed by atoms with Gasteiger partial charge in [0.1, 0.15) is 21.5 Å². The zero-order valence-electron chi connectivity index (χ0n) is 11.7. The summed E-state index contributed by atoms with van der Waals surface area (Å²) >= 11 is 1.17. The van der Waals surface area contributed by atoms with E-state index in [0.717, 1.165) is 11.3 Å². The van der Waals surface area contributed by atoms with Gasteiger partial charge in [-0.15, -0.1) is 11.3 Å². The number of nitriles is 1. The Hall–Kier alpha value is -2.59. The quantitative estimate of drug-likeness (QED) is 0.800. The van der Waals surface area contributed by atoms with Crippen molar-refractivity contribution in [1.82, 2.24) is 10.3 Å². The summed E-state index contributed by atoms with van der Waals surface area (Å²) in [6.07, 6.45) is 1.72. The highest BCUT2D eigenvalue weighted by atomic mass is 32.1. The Morgan fingerprint density at radius 1 is 1.57 bits per heavy atom. The molecule has 2 rings (SSSR count). The number of aryl methyl sites for hydroxylation is 1. The largest absolute Gasteiger partial charge is 0.396 e. The van der Waals surface area contributed by atoms with E-state index in [2.05, 4.69) is 15.6 Å². The van der Waals surface area contributed by atoms with E-state index in [0.29, 0.717) is 22.0 Å². The SMILES string of the molecule is CNC(=O)c1sc(NCc2ncccc2C)c(C#N)c1N. The molecule has 0 aliphatic rings. The van der Waals surface area contributed by atoms with Crippen LogP contribution in [0.4, 0.5) is 10.7 Å². The van der Waals surface area contributed by atoms with Crippen LogP contribution in [0.2, 0.25) is 0 Å². The maximum Gasteiger partial charge on any atom is 0.263 e. The Balaban J connectivity index is 2.27. The Morgan fingerprint density at radius 2 is 2.33 bits per heavy atom. The lowest BCUT2D eigenvalue weighted by Gasteiger charge is -2.06. The molecule has 7 heteroatoms. The standard InChI is InChI=1S/C14H15N5OS/c1-8-4-3-5-18-10(8)7-19-14-9(6-15)11(16)12(21-14)13(20)17-2/h3-5,19H,7,16H2,1-2H3,(H,17,20). The van der Waals surface area contributed by atoms with Crippen LogP contribution in [0, 0.1) is 18.3 Å². The fraction of sp³-hybridized carbons (Fsp3) is 0.214. The zero-order valence-corrected chi connectivity index (χ0v) is 12.5. The summed E-state index contributed by atoms with van der Waals surface area (Å²) in [4.78, 5) is 16.3. The average Bonchev–Trinajstić information content (AvgIpc) is 2.81. The molecule has 0 unspecified atom stereocenters. The molecule has 0 saturated carbocycles. The number of carbonyl (C=O) groups is 1. The van der Waals surface area contributed by atoms with Gasteiger partial charge < -0.3 is 16.4 Å². The number of nitrogen functional groups attached to an aromatic ring is 1. The molecule has 0 bridgehead atoms. The number of rotatable bonds is 4. The summed E-state index contributed by atoms with van der Waals surface area (Å²) in [5.74, 6) is -0.295. The molecular formula is C14H15N5OS. The van der Waals surface area contributed by atoms with Crippen LogP contribution < -0.4 is 16.4 Å². The van der Waals surface area contributed by atoms with Crippen molar-refractivity contribution >= 4 is 27.9 Å². The third-order valence-corrected chi connectivity index (χ3v) is 4.19. The highest BCUT2D eigenvalue weighted by Gasteiger charge is 2.20. The lowest BCUT2D eigenvalue weighted by molar-refractivity contribution is 0.0968. The minimum Gasteiger partial charge on any atom is -0.396 e. The smallest absolute Gasteiger partial charge is 0.263 e. The Morgan fingerprint density at radius 3 is 2.95 bits per heavy atom. The molecule has 0 aliphatic heterocycles. The molecule has 0 aromatic carbocycles. The lowest BCUT2D eigenvalue weighted by atomic mass is 10.2. The van der Waals surface area contributed by atoms with Crippen molar-refractivity contribution in [1.29, 1.82) is 5.26 Å². The lowest BCUT2D eigenvalue weighted by Crippen LogP contribution is -2.17. The molecule has 2 heterocycles. The first-order chi connectivity index (χ1) is 10.1. The van der Waals surface area contributed by atoms with Gasteiger partial charge in [0.05, 0.1) is 17.9 Å². The number of carbonyl (C=O) groups excluding carboxylic acids is 1. The monoisotopic (exact) mass is 301 g/mol. The molecule has 0 saturated heterocycles. The normalized spacial score (nSPS) is 9.95. The van der Waals surface area contributed by atoms with Crippen molar-refractivity contribution in [2.45, 2.75) is 13.5 Å². The fourth-order valence-corrected chi connectivity index (χ4v) is 2.84. The predicted molar refractivity (Wildman–Crippen MR) is 83.1 cm³/mol. The van der Waals surface area contributed by atoms with Crippen molar-refractivity contribution in [2.75, 3.05) is 18.1 Å². The summed E-state index contributed by atoms with van der Waals surface area (Å²) in [6.45, 7) is 2.43. The number of pyridine rings is 1. The molecule has 0 atom stereocenters. The van der Waals surface area contributed by atoms with Gasteiger partial charge in [-0.25, -0.2) is 0 Å². The second-order valence-electron chi connectivity index (χ2n) is 4.36. The van der Waals surface area contributed by atoms with Gasteiger partial charge in [-0.05, 0) is 18.6 Å². The number of aromatic nitrogens is 1. The highest BCUT2D eigenvalue weighted by molar-refractivity contribution is 7.18. The van der Waals surface area contributed by atoms with E-state index < -0.39 is 0 Å². The third-order valence-electron chi connectivity index (χ3n) is 3.02. The summed E-state index contributed by atoms with van der Waals surface area (Å²) in [6, 6.07) is 5.87. The highest BCUT2D eigenvalue weighted by Crippen LogP contribution is 2.35. The zero-order chi connectivity index (χ0) is 15.4. The molecule has 2 aromatic heterocycles. The van der Waals surface area contributed by atoms with E-state index in [1.165, 1.54) is 18.4 Å².